The molecule has 21 heavy (non-hydrogen) atoms. The fourth-order valence-corrected chi connectivity index (χ4v) is 1.82. The summed E-state index contributed by atoms with van der Waals surface area (Å²) in [7, 11) is 0. The van der Waals surface area contributed by atoms with Crippen molar-refractivity contribution in [3.05, 3.63) is 29.3 Å². The van der Waals surface area contributed by atoms with E-state index in [2.05, 4.69) is 10.6 Å². The van der Waals surface area contributed by atoms with E-state index < -0.39 is 17.6 Å². The van der Waals surface area contributed by atoms with E-state index in [9.17, 15) is 18.0 Å². The van der Waals surface area contributed by atoms with Crippen LogP contribution in [0.15, 0.2) is 18.2 Å². The van der Waals surface area contributed by atoms with Crippen molar-refractivity contribution < 1.29 is 18.0 Å². The van der Waals surface area contributed by atoms with Crippen LogP contribution >= 0.6 is 0 Å². The molecule has 1 aromatic rings. The lowest BCUT2D eigenvalue weighted by Gasteiger charge is -2.14. The molecule has 3 nitrogen and oxygen atoms in total. The number of amides is 1. The van der Waals surface area contributed by atoms with Gasteiger partial charge in [-0.05, 0) is 37.5 Å². The topological polar surface area (TPSA) is 41.1 Å². The Balaban J connectivity index is 2.97. The van der Waals surface area contributed by atoms with Crippen molar-refractivity contribution in [2.75, 3.05) is 18.4 Å². The van der Waals surface area contributed by atoms with E-state index in [1.807, 2.05) is 20.8 Å². The number of alkyl halides is 3. The molecule has 0 atom stereocenters. The average Bonchev–Trinajstić information content (AvgIpc) is 2.37. The zero-order valence-electron chi connectivity index (χ0n) is 12.5. The Morgan fingerprint density at radius 2 is 1.95 bits per heavy atom. The van der Waals surface area contributed by atoms with Crippen LogP contribution in [0.5, 0.6) is 0 Å². The van der Waals surface area contributed by atoms with Gasteiger partial charge in [-0.1, -0.05) is 13.8 Å². The van der Waals surface area contributed by atoms with E-state index >= 15 is 0 Å². The molecule has 6 heteroatoms. The molecule has 0 aliphatic heterocycles. The molecule has 1 aromatic carbocycles. The summed E-state index contributed by atoms with van der Waals surface area (Å²) in [4.78, 5) is 12.1. The highest BCUT2D eigenvalue weighted by molar-refractivity contribution is 5.99. The molecule has 0 unspecified atom stereocenters. The Hall–Kier alpha value is -1.72. The quantitative estimate of drug-likeness (QED) is 0.836. The summed E-state index contributed by atoms with van der Waals surface area (Å²) >= 11 is 0. The summed E-state index contributed by atoms with van der Waals surface area (Å²) in [6, 6.07) is 3.16. The van der Waals surface area contributed by atoms with Crippen molar-refractivity contribution in [1.82, 2.24) is 5.32 Å². The van der Waals surface area contributed by atoms with Gasteiger partial charge >= 0.3 is 6.18 Å². The Morgan fingerprint density at radius 1 is 1.29 bits per heavy atom. The molecule has 0 fully saturated rings. The number of hydrogen-bond acceptors (Lipinski definition) is 2. The average molecular weight is 302 g/mol. The van der Waals surface area contributed by atoms with Crippen LogP contribution in [-0.4, -0.2) is 19.0 Å². The molecule has 0 bridgehead atoms. The lowest BCUT2D eigenvalue weighted by molar-refractivity contribution is -0.137. The minimum atomic E-state index is -4.46. The van der Waals surface area contributed by atoms with Crippen LogP contribution < -0.4 is 10.6 Å². The highest BCUT2D eigenvalue weighted by Crippen LogP contribution is 2.31. The van der Waals surface area contributed by atoms with Gasteiger partial charge in [-0.2, -0.15) is 13.2 Å². The van der Waals surface area contributed by atoms with Gasteiger partial charge in [-0.15, -0.1) is 0 Å². The smallest absolute Gasteiger partial charge is 0.385 e. The first kappa shape index (κ1) is 17.3. The number of hydrogen-bond donors (Lipinski definition) is 2. The van der Waals surface area contributed by atoms with Crippen LogP contribution in [0.2, 0.25) is 0 Å². The molecule has 0 aliphatic carbocycles. The summed E-state index contributed by atoms with van der Waals surface area (Å²) in [5.41, 5.74) is -0.388. The molecule has 1 rings (SSSR count). The second-order valence-corrected chi connectivity index (χ2v) is 5.23. The molecule has 0 radical (unpaired) electrons. The van der Waals surface area contributed by atoms with Crippen molar-refractivity contribution in [1.29, 1.82) is 0 Å². The van der Waals surface area contributed by atoms with E-state index in [0.717, 1.165) is 18.6 Å². The Kier molecular flexibility index (Phi) is 6.05. The van der Waals surface area contributed by atoms with Crippen LogP contribution in [-0.2, 0) is 6.18 Å². The first-order valence-corrected chi connectivity index (χ1v) is 6.99. The lowest BCUT2D eigenvalue weighted by atomic mass is 10.1. The Bertz CT molecular complexity index is 484. The molecule has 0 heterocycles. The Morgan fingerprint density at radius 3 is 2.48 bits per heavy atom. The van der Waals surface area contributed by atoms with Crippen LogP contribution in [0, 0.1) is 5.92 Å². The van der Waals surface area contributed by atoms with Gasteiger partial charge in [0, 0.05) is 18.8 Å². The third kappa shape index (κ3) is 5.28. The number of halogens is 3. The largest absolute Gasteiger partial charge is 0.416 e. The van der Waals surface area contributed by atoms with E-state index in [0.29, 0.717) is 24.7 Å². The van der Waals surface area contributed by atoms with E-state index in [4.69, 9.17) is 0 Å². The lowest BCUT2D eigenvalue weighted by Crippen LogP contribution is -2.26. The summed E-state index contributed by atoms with van der Waals surface area (Å²) in [6.07, 6.45) is -3.68. The molecular formula is C15H21F3N2O. The van der Waals surface area contributed by atoms with Crippen LogP contribution in [0.3, 0.4) is 0 Å². The monoisotopic (exact) mass is 302 g/mol. The maximum Gasteiger partial charge on any atom is 0.416 e. The zero-order chi connectivity index (χ0) is 16.0. The maximum absolute atomic E-state index is 12.8. The van der Waals surface area contributed by atoms with Gasteiger partial charge in [0.15, 0.2) is 0 Å². The summed E-state index contributed by atoms with van der Waals surface area (Å²) < 4.78 is 38.3. The molecule has 0 saturated heterocycles. The Labute approximate surface area is 122 Å². The van der Waals surface area contributed by atoms with E-state index in [1.165, 1.54) is 6.07 Å². The predicted octanol–water partition coefficient (Wildman–Crippen LogP) is 3.91. The molecule has 0 aromatic heterocycles. The predicted molar refractivity (Wildman–Crippen MR) is 77.4 cm³/mol. The van der Waals surface area contributed by atoms with Gasteiger partial charge in [-0.3, -0.25) is 4.79 Å². The molecule has 0 aliphatic rings. The van der Waals surface area contributed by atoms with E-state index in [1.54, 1.807) is 0 Å². The van der Waals surface area contributed by atoms with Crippen molar-refractivity contribution in [2.24, 2.45) is 5.92 Å². The van der Waals surface area contributed by atoms with Gasteiger partial charge in [0.05, 0.1) is 11.1 Å². The third-order valence-corrected chi connectivity index (χ3v) is 2.97. The van der Waals surface area contributed by atoms with Crippen molar-refractivity contribution >= 4 is 11.6 Å². The fourth-order valence-electron chi connectivity index (χ4n) is 1.82. The van der Waals surface area contributed by atoms with Crippen molar-refractivity contribution in [3.8, 4) is 0 Å². The minimum Gasteiger partial charge on any atom is -0.385 e. The van der Waals surface area contributed by atoms with Crippen LogP contribution in [0.1, 0.15) is 43.1 Å². The molecule has 118 valence electrons. The number of nitrogens with one attached hydrogen (secondary N) is 2. The minimum absolute atomic E-state index is 0.0235. The number of rotatable bonds is 6. The normalized spacial score (nSPS) is 11.6. The van der Waals surface area contributed by atoms with E-state index in [-0.39, 0.29) is 5.56 Å². The SMILES string of the molecule is CCNc1ccc(C(F)(F)F)cc1C(=O)NCCC(C)C. The summed E-state index contributed by atoms with van der Waals surface area (Å²) in [5.74, 6) is -0.0715. The number of carbonyl (C=O) groups is 1. The van der Waals surface area contributed by atoms with Crippen LogP contribution in [0.25, 0.3) is 0 Å². The third-order valence-electron chi connectivity index (χ3n) is 2.97. The highest BCUT2D eigenvalue weighted by atomic mass is 19.4. The molecular weight excluding hydrogens is 281 g/mol. The van der Waals surface area contributed by atoms with Gasteiger partial charge in [0.25, 0.3) is 5.91 Å². The second-order valence-electron chi connectivity index (χ2n) is 5.23. The molecule has 0 spiro atoms. The second kappa shape index (κ2) is 7.33. The first-order valence-electron chi connectivity index (χ1n) is 6.99. The molecule has 2 N–H and O–H groups in total. The van der Waals surface area contributed by atoms with Gasteiger partial charge in [0.1, 0.15) is 0 Å². The first-order chi connectivity index (χ1) is 9.75. The maximum atomic E-state index is 12.8. The van der Waals surface area contributed by atoms with Gasteiger partial charge in [-0.25, -0.2) is 0 Å². The molecule has 0 saturated carbocycles. The zero-order valence-corrected chi connectivity index (χ0v) is 12.5. The summed E-state index contributed by atoms with van der Waals surface area (Å²) in [5, 5.41) is 5.57. The summed E-state index contributed by atoms with van der Waals surface area (Å²) in [6.45, 7) is 6.81. The van der Waals surface area contributed by atoms with Crippen molar-refractivity contribution in [2.45, 2.75) is 33.4 Å². The number of carbonyl (C=O) groups excluding carboxylic acids is 1. The molecule has 1 amide bonds. The number of benzene rings is 1. The number of anilines is 1. The van der Waals surface area contributed by atoms with Gasteiger partial charge in [0.2, 0.25) is 0 Å². The van der Waals surface area contributed by atoms with Gasteiger partial charge < -0.3 is 10.6 Å². The highest BCUT2D eigenvalue weighted by Gasteiger charge is 2.31. The standard InChI is InChI=1S/C15H21F3N2O/c1-4-19-13-6-5-11(15(16,17)18)9-12(13)14(21)20-8-7-10(2)3/h5-6,9-10,19H,4,7-8H2,1-3H3,(H,20,21). The van der Waals surface area contributed by atoms with Crippen molar-refractivity contribution in [3.63, 3.8) is 0 Å². The van der Waals surface area contributed by atoms with Crippen LogP contribution in [0.4, 0.5) is 18.9 Å². The fraction of sp³-hybridized carbons (Fsp3) is 0.533.